The number of aliphatic hydroxyl groups excluding tert-OH is 1. The molecule has 3 amide bonds. The van der Waals surface area contributed by atoms with Crippen molar-refractivity contribution in [1.29, 1.82) is 0 Å². The van der Waals surface area contributed by atoms with Crippen LogP contribution in [-0.4, -0.2) is 67.2 Å². The Morgan fingerprint density at radius 1 is 0.902 bits per heavy atom. The molecule has 12 nitrogen and oxygen atoms in total. The number of likely N-dealkylation sites (tertiary alicyclic amines) is 1. The van der Waals surface area contributed by atoms with E-state index in [2.05, 4.69) is 48.5 Å². The van der Waals surface area contributed by atoms with Crippen LogP contribution in [0.2, 0.25) is 0 Å². The molecule has 1 aromatic heterocycles. The lowest BCUT2D eigenvalue weighted by Crippen LogP contribution is -2.35. The Kier molecular flexibility index (Phi) is 10.7. The molecule has 1 saturated heterocycles. The monoisotopic (exact) mass is 710 g/mol. The molecule has 1 aliphatic heterocycles. The van der Waals surface area contributed by atoms with Crippen molar-refractivity contribution < 1.29 is 27.9 Å². The number of nitrogens with zero attached hydrogens (tertiary/aromatic N) is 2. The highest BCUT2D eigenvalue weighted by atomic mass is 32.2. The van der Waals surface area contributed by atoms with Crippen LogP contribution in [0.3, 0.4) is 0 Å². The van der Waals surface area contributed by atoms with Crippen molar-refractivity contribution >= 4 is 44.2 Å². The molecular formula is C38H42N6O6S. The van der Waals surface area contributed by atoms with Crippen LogP contribution < -0.4 is 25.4 Å². The molecule has 13 heteroatoms. The first kappa shape index (κ1) is 35.6. The summed E-state index contributed by atoms with van der Waals surface area (Å²) in [6, 6.07) is 26.1. The summed E-state index contributed by atoms with van der Waals surface area (Å²) in [5.41, 5.74) is 4.54. The van der Waals surface area contributed by atoms with Gasteiger partial charge >= 0.3 is 6.03 Å². The molecule has 266 valence electrons. The van der Waals surface area contributed by atoms with Crippen LogP contribution in [0.15, 0.2) is 102 Å². The van der Waals surface area contributed by atoms with Gasteiger partial charge in [0.2, 0.25) is 10.0 Å². The van der Waals surface area contributed by atoms with Gasteiger partial charge in [-0.15, -0.1) is 0 Å². The maximum atomic E-state index is 13.2. The number of sulfonamides is 1. The van der Waals surface area contributed by atoms with Gasteiger partial charge < -0.3 is 30.4 Å². The summed E-state index contributed by atoms with van der Waals surface area (Å²) in [6.45, 7) is 6.18. The van der Waals surface area contributed by atoms with Crippen LogP contribution in [0.25, 0.3) is 16.6 Å². The molecule has 5 N–H and O–H groups in total. The molecule has 5 aromatic rings. The van der Waals surface area contributed by atoms with E-state index < -0.39 is 16.1 Å². The van der Waals surface area contributed by atoms with E-state index in [1.165, 1.54) is 30.1 Å². The van der Waals surface area contributed by atoms with Crippen molar-refractivity contribution in [2.75, 3.05) is 30.8 Å². The number of ether oxygens (including phenoxy) is 1. The SMILES string of the molecule is CNS(=O)(=O)c1cc(NC(=O)NC(C)C)ccc1Oc1ccc(NC(=O)c2ccc(-n3cc(CN4CCC(O)CC4)c4ccccc43)cc2)cc1. The molecule has 0 spiro atoms. The second-order valence-electron chi connectivity index (χ2n) is 12.8. The highest BCUT2D eigenvalue weighted by molar-refractivity contribution is 7.89. The third-order valence-electron chi connectivity index (χ3n) is 8.67. The Labute approximate surface area is 297 Å². The fraction of sp³-hybridized carbons (Fsp3) is 0.263. The fourth-order valence-electron chi connectivity index (χ4n) is 6.04. The lowest BCUT2D eigenvalue weighted by Gasteiger charge is -2.29. The first-order chi connectivity index (χ1) is 24.5. The summed E-state index contributed by atoms with van der Waals surface area (Å²) in [7, 11) is -2.65. The topological polar surface area (TPSA) is 154 Å². The fourth-order valence-corrected chi connectivity index (χ4v) is 6.91. The van der Waals surface area contributed by atoms with E-state index in [0.717, 1.165) is 43.7 Å². The average Bonchev–Trinajstić information content (AvgIpc) is 3.48. The third-order valence-corrected chi connectivity index (χ3v) is 10.1. The Balaban J connectivity index is 1.12. The van der Waals surface area contributed by atoms with Gasteiger partial charge in [0.05, 0.1) is 11.6 Å². The number of benzene rings is 4. The predicted octanol–water partition coefficient (Wildman–Crippen LogP) is 6.07. The van der Waals surface area contributed by atoms with Crippen LogP contribution in [0.1, 0.15) is 42.6 Å². The zero-order valence-corrected chi connectivity index (χ0v) is 29.5. The normalized spacial score (nSPS) is 14.1. The Hall–Kier alpha value is -5.21. The van der Waals surface area contributed by atoms with Crippen molar-refractivity contribution in [3.63, 3.8) is 0 Å². The minimum Gasteiger partial charge on any atom is -0.456 e. The maximum absolute atomic E-state index is 13.2. The molecule has 0 atom stereocenters. The Morgan fingerprint density at radius 3 is 2.27 bits per heavy atom. The minimum absolute atomic E-state index is 0.0602. The summed E-state index contributed by atoms with van der Waals surface area (Å²) >= 11 is 0. The number of nitrogens with one attached hydrogen (secondary N) is 4. The van der Waals surface area contributed by atoms with E-state index in [4.69, 9.17) is 4.74 Å². The van der Waals surface area contributed by atoms with Gasteiger partial charge in [-0.25, -0.2) is 17.9 Å². The van der Waals surface area contributed by atoms with Gasteiger partial charge in [-0.05, 0) is 112 Å². The molecule has 0 bridgehead atoms. The largest absolute Gasteiger partial charge is 0.456 e. The molecule has 0 radical (unpaired) electrons. The van der Waals surface area contributed by atoms with Crippen molar-refractivity contribution in [2.45, 2.75) is 50.3 Å². The number of carbonyl (C=O) groups excluding carboxylic acids is 2. The molecule has 4 aromatic carbocycles. The molecule has 51 heavy (non-hydrogen) atoms. The van der Waals surface area contributed by atoms with Gasteiger partial charge in [0, 0.05) is 59.9 Å². The number of urea groups is 1. The van der Waals surface area contributed by atoms with Gasteiger partial charge in [-0.3, -0.25) is 9.69 Å². The van der Waals surface area contributed by atoms with E-state index in [0.29, 0.717) is 17.0 Å². The van der Waals surface area contributed by atoms with Gasteiger partial charge in [0.25, 0.3) is 5.91 Å². The smallest absolute Gasteiger partial charge is 0.319 e. The first-order valence-electron chi connectivity index (χ1n) is 16.8. The number of hydrogen-bond acceptors (Lipinski definition) is 7. The number of aliphatic hydroxyl groups is 1. The van der Waals surface area contributed by atoms with Crippen molar-refractivity contribution in [3.8, 4) is 17.2 Å². The molecule has 6 rings (SSSR count). The van der Waals surface area contributed by atoms with Crippen molar-refractivity contribution in [3.05, 3.63) is 108 Å². The van der Waals surface area contributed by atoms with Crippen molar-refractivity contribution in [1.82, 2.24) is 19.5 Å². The lowest BCUT2D eigenvalue weighted by molar-refractivity contribution is 0.0794. The van der Waals surface area contributed by atoms with Crippen LogP contribution in [-0.2, 0) is 16.6 Å². The van der Waals surface area contributed by atoms with Gasteiger partial charge in [0.15, 0.2) is 0 Å². The molecule has 2 heterocycles. The second-order valence-corrected chi connectivity index (χ2v) is 14.7. The quantitative estimate of drug-likeness (QED) is 0.112. The van der Waals surface area contributed by atoms with E-state index in [1.54, 1.807) is 42.5 Å². The summed E-state index contributed by atoms with van der Waals surface area (Å²) < 4.78 is 36.0. The highest BCUT2D eigenvalue weighted by Crippen LogP contribution is 2.32. The third kappa shape index (κ3) is 8.58. The number of fused-ring (bicyclic) bond motifs is 1. The number of hydrogen-bond donors (Lipinski definition) is 5. The van der Waals surface area contributed by atoms with E-state index in [9.17, 15) is 23.1 Å². The molecule has 1 aliphatic rings. The van der Waals surface area contributed by atoms with E-state index >= 15 is 0 Å². The maximum Gasteiger partial charge on any atom is 0.319 e. The molecule has 0 aliphatic carbocycles. The lowest BCUT2D eigenvalue weighted by atomic mass is 10.1. The summed E-state index contributed by atoms with van der Waals surface area (Å²) in [5, 5.41) is 19.3. The number of anilines is 2. The number of carbonyl (C=O) groups is 2. The number of amides is 3. The molecule has 0 saturated carbocycles. The van der Waals surface area contributed by atoms with Crippen LogP contribution in [0.4, 0.5) is 16.2 Å². The van der Waals surface area contributed by atoms with Gasteiger partial charge in [-0.1, -0.05) is 18.2 Å². The molecular weight excluding hydrogens is 669 g/mol. The van der Waals surface area contributed by atoms with Crippen LogP contribution in [0.5, 0.6) is 11.5 Å². The number of piperidine rings is 1. The predicted molar refractivity (Wildman–Crippen MR) is 198 cm³/mol. The first-order valence-corrected chi connectivity index (χ1v) is 18.3. The summed E-state index contributed by atoms with van der Waals surface area (Å²) in [4.78, 5) is 27.6. The zero-order chi connectivity index (χ0) is 36.1. The van der Waals surface area contributed by atoms with Crippen LogP contribution in [0, 0.1) is 0 Å². The number of para-hydroxylation sites is 1. The number of rotatable bonds is 11. The second kappa shape index (κ2) is 15.4. The zero-order valence-electron chi connectivity index (χ0n) is 28.7. The highest BCUT2D eigenvalue weighted by Gasteiger charge is 2.21. The Bertz CT molecular complexity index is 2120. The van der Waals surface area contributed by atoms with E-state index in [-0.39, 0.29) is 34.4 Å². The number of aromatic nitrogens is 1. The average molecular weight is 711 g/mol. The minimum atomic E-state index is -3.94. The standard InChI is InChI=1S/C38H42N6O6S/c1-25(2)40-38(47)42-29-12-17-35(36(22-29)51(48,49)39-3)50-32-15-10-28(11-16-32)41-37(46)26-8-13-30(14-9-26)44-24-27(33-6-4-5-7-34(33)44)23-43-20-18-31(45)19-21-43/h4-17,22,24-25,31,39,45H,18-21,23H2,1-3H3,(H,41,46)(H2,40,42,47). The Morgan fingerprint density at radius 2 is 1.59 bits per heavy atom. The van der Waals surface area contributed by atoms with Crippen LogP contribution >= 0.6 is 0 Å². The summed E-state index contributed by atoms with van der Waals surface area (Å²) in [6.07, 6.45) is 3.53. The molecule has 0 unspecified atom stereocenters. The van der Waals surface area contributed by atoms with Gasteiger partial charge in [0.1, 0.15) is 16.4 Å². The van der Waals surface area contributed by atoms with Crippen molar-refractivity contribution in [2.24, 2.45) is 0 Å². The molecule has 1 fully saturated rings. The van der Waals surface area contributed by atoms with Gasteiger partial charge in [-0.2, -0.15) is 0 Å². The van der Waals surface area contributed by atoms with E-state index in [1.807, 2.05) is 38.1 Å². The summed E-state index contributed by atoms with van der Waals surface area (Å²) in [5.74, 6) is 0.122.